The molecule has 1 aromatic heterocycles. The molecule has 3 aromatic rings. The Hall–Kier alpha value is -2.49. The summed E-state index contributed by atoms with van der Waals surface area (Å²) in [7, 11) is -3.29. The number of hydrogen-bond donors (Lipinski definition) is 2. The monoisotopic (exact) mass is 477 g/mol. The SMILES string of the molecule is CC(C)(C)c1nc(-c2cc3c(cc2F)S(=N)(=O)C[C@H](N)CN3Cc2ccc(Cl)cc2)no1. The van der Waals surface area contributed by atoms with Gasteiger partial charge in [0.25, 0.3) is 0 Å². The molecule has 1 aliphatic rings. The molecule has 0 fully saturated rings. The maximum absolute atomic E-state index is 15.1. The number of halogens is 2. The first-order valence-electron chi connectivity index (χ1n) is 10.1. The third kappa shape index (κ3) is 4.51. The van der Waals surface area contributed by atoms with E-state index in [1.165, 1.54) is 0 Å². The number of benzene rings is 2. The van der Waals surface area contributed by atoms with E-state index in [1.54, 1.807) is 18.2 Å². The second-order valence-electron chi connectivity index (χ2n) is 9.08. The Balaban J connectivity index is 1.84. The van der Waals surface area contributed by atoms with Crippen LogP contribution in [0, 0.1) is 10.6 Å². The van der Waals surface area contributed by atoms with Gasteiger partial charge in [0.15, 0.2) is 0 Å². The molecular formula is C22H25ClFN5O2S. The highest BCUT2D eigenvalue weighted by molar-refractivity contribution is 7.92. The first kappa shape index (κ1) is 22.7. The van der Waals surface area contributed by atoms with Crippen molar-refractivity contribution >= 4 is 27.0 Å². The lowest BCUT2D eigenvalue weighted by Gasteiger charge is -2.26. The van der Waals surface area contributed by atoms with Crippen molar-refractivity contribution < 1.29 is 13.1 Å². The highest BCUT2D eigenvalue weighted by Gasteiger charge is 2.31. The summed E-state index contributed by atoms with van der Waals surface area (Å²) in [6.07, 6.45) is 0. The molecule has 2 heterocycles. The molecule has 4 rings (SSSR count). The molecule has 2 aromatic carbocycles. The van der Waals surface area contributed by atoms with Gasteiger partial charge in [0.1, 0.15) is 5.82 Å². The van der Waals surface area contributed by atoms with Crippen LogP contribution in [-0.4, -0.2) is 32.7 Å². The van der Waals surface area contributed by atoms with E-state index in [1.807, 2.05) is 37.8 Å². The van der Waals surface area contributed by atoms with Crippen LogP contribution in [0.2, 0.25) is 5.02 Å². The molecule has 0 aliphatic carbocycles. The van der Waals surface area contributed by atoms with E-state index in [2.05, 4.69) is 10.1 Å². The van der Waals surface area contributed by atoms with Crippen molar-refractivity contribution in [3.8, 4) is 11.4 Å². The van der Waals surface area contributed by atoms with Crippen molar-refractivity contribution in [3.63, 3.8) is 0 Å². The van der Waals surface area contributed by atoms with Gasteiger partial charge in [-0.25, -0.2) is 13.4 Å². The smallest absolute Gasteiger partial charge is 0.232 e. The van der Waals surface area contributed by atoms with Crippen LogP contribution in [0.25, 0.3) is 11.4 Å². The van der Waals surface area contributed by atoms with Crippen LogP contribution in [0.4, 0.5) is 10.1 Å². The van der Waals surface area contributed by atoms with Gasteiger partial charge in [0.2, 0.25) is 11.7 Å². The molecule has 7 nitrogen and oxygen atoms in total. The van der Waals surface area contributed by atoms with E-state index in [9.17, 15) is 4.21 Å². The molecule has 0 bridgehead atoms. The Bertz CT molecular complexity index is 1250. The van der Waals surface area contributed by atoms with Crippen molar-refractivity contribution in [2.24, 2.45) is 5.73 Å². The van der Waals surface area contributed by atoms with Crippen LogP contribution < -0.4 is 10.6 Å². The largest absolute Gasteiger partial charge is 0.365 e. The summed E-state index contributed by atoms with van der Waals surface area (Å²) < 4.78 is 42.1. The molecule has 10 heteroatoms. The topological polar surface area (TPSA) is 109 Å². The van der Waals surface area contributed by atoms with Gasteiger partial charge in [-0.05, 0) is 29.8 Å². The Morgan fingerprint density at radius 3 is 2.62 bits per heavy atom. The zero-order valence-electron chi connectivity index (χ0n) is 18.1. The highest BCUT2D eigenvalue weighted by Crippen LogP contribution is 2.37. The Labute approximate surface area is 191 Å². The zero-order chi connectivity index (χ0) is 23.3. The summed E-state index contributed by atoms with van der Waals surface area (Å²) >= 11 is 6.00. The van der Waals surface area contributed by atoms with E-state index in [-0.39, 0.29) is 22.0 Å². The predicted octanol–water partition coefficient (Wildman–Crippen LogP) is 4.58. The van der Waals surface area contributed by atoms with Crippen LogP contribution in [-0.2, 0) is 21.7 Å². The maximum atomic E-state index is 15.1. The summed E-state index contributed by atoms with van der Waals surface area (Å²) in [6.45, 7) is 6.54. The summed E-state index contributed by atoms with van der Waals surface area (Å²) in [5, 5.41) is 4.57. The third-order valence-electron chi connectivity index (χ3n) is 5.24. The highest BCUT2D eigenvalue weighted by atomic mass is 35.5. The lowest BCUT2D eigenvalue weighted by Crippen LogP contribution is -2.38. The lowest BCUT2D eigenvalue weighted by molar-refractivity contribution is 0.321. The molecule has 32 heavy (non-hydrogen) atoms. The van der Waals surface area contributed by atoms with E-state index in [4.69, 9.17) is 26.6 Å². The average molecular weight is 478 g/mol. The first-order valence-corrected chi connectivity index (χ1v) is 12.2. The summed E-state index contributed by atoms with van der Waals surface area (Å²) in [4.78, 5) is 6.40. The number of nitrogens with one attached hydrogen (secondary N) is 1. The fraction of sp³-hybridized carbons (Fsp3) is 0.364. The molecule has 0 saturated heterocycles. The number of nitrogens with zero attached hydrogens (tertiary/aromatic N) is 3. The van der Waals surface area contributed by atoms with Crippen molar-refractivity contribution in [1.82, 2.24) is 10.1 Å². The first-order chi connectivity index (χ1) is 14.9. The molecule has 0 radical (unpaired) electrons. The summed E-state index contributed by atoms with van der Waals surface area (Å²) in [5.41, 5.74) is 7.36. The summed E-state index contributed by atoms with van der Waals surface area (Å²) in [6, 6.07) is 9.53. The van der Waals surface area contributed by atoms with Gasteiger partial charge in [0, 0.05) is 29.6 Å². The van der Waals surface area contributed by atoms with Gasteiger partial charge in [-0.3, -0.25) is 0 Å². The van der Waals surface area contributed by atoms with Gasteiger partial charge in [-0.2, -0.15) is 4.98 Å². The van der Waals surface area contributed by atoms with Crippen LogP contribution in [0.5, 0.6) is 0 Å². The number of aromatic nitrogens is 2. The van der Waals surface area contributed by atoms with Crippen molar-refractivity contribution in [2.75, 3.05) is 17.2 Å². The van der Waals surface area contributed by atoms with E-state index >= 15 is 4.39 Å². The quantitative estimate of drug-likeness (QED) is 0.571. The van der Waals surface area contributed by atoms with Gasteiger partial charge in [0.05, 0.1) is 31.6 Å². The third-order valence-corrected chi connectivity index (χ3v) is 7.43. The number of fused-ring (bicyclic) bond motifs is 1. The molecular weight excluding hydrogens is 453 g/mol. The molecule has 0 spiro atoms. The van der Waals surface area contributed by atoms with Crippen molar-refractivity contribution in [1.29, 1.82) is 4.78 Å². The van der Waals surface area contributed by atoms with Crippen LogP contribution in [0.15, 0.2) is 45.8 Å². The lowest BCUT2D eigenvalue weighted by atomic mass is 9.97. The summed E-state index contributed by atoms with van der Waals surface area (Å²) in [5.74, 6) is -0.225. The average Bonchev–Trinajstić information content (AvgIpc) is 3.16. The normalized spacial score (nSPS) is 21.3. The molecule has 1 aliphatic heterocycles. The molecule has 1 unspecified atom stereocenters. The Morgan fingerprint density at radius 1 is 1.31 bits per heavy atom. The Kier molecular flexibility index (Phi) is 5.77. The van der Waals surface area contributed by atoms with Crippen molar-refractivity contribution in [2.45, 2.75) is 43.7 Å². The zero-order valence-corrected chi connectivity index (χ0v) is 19.6. The molecule has 0 amide bonds. The Morgan fingerprint density at radius 2 is 2.00 bits per heavy atom. The van der Waals surface area contributed by atoms with Gasteiger partial charge < -0.3 is 15.2 Å². The minimum atomic E-state index is -3.29. The minimum absolute atomic E-state index is 0.0493. The molecule has 170 valence electrons. The van der Waals surface area contributed by atoms with Crippen molar-refractivity contribution in [3.05, 3.63) is 58.7 Å². The second-order valence-corrected chi connectivity index (χ2v) is 11.6. The number of nitrogens with two attached hydrogens (primary N) is 1. The van der Waals surface area contributed by atoms with E-state index in [0.29, 0.717) is 29.7 Å². The van der Waals surface area contributed by atoms with E-state index < -0.39 is 27.0 Å². The van der Waals surface area contributed by atoms with Crippen LogP contribution in [0.3, 0.4) is 0 Å². The van der Waals surface area contributed by atoms with Gasteiger partial charge in [-0.15, -0.1) is 0 Å². The molecule has 0 saturated carbocycles. The number of anilines is 1. The number of rotatable bonds is 3. The minimum Gasteiger partial charge on any atom is -0.365 e. The fourth-order valence-corrected chi connectivity index (χ4v) is 5.48. The van der Waals surface area contributed by atoms with Gasteiger partial charge >= 0.3 is 0 Å². The number of hydrogen-bond acceptors (Lipinski definition) is 7. The predicted molar refractivity (Wildman–Crippen MR) is 123 cm³/mol. The van der Waals surface area contributed by atoms with Crippen LogP contribution in [0.1, 0.15) is 32.2 Å². The second kappa shape index (κ2) is 8.13. The fourth-order valence-electron chi connectivity index (χ4n) is 3.65. The van der Waals surface area contributed by atoms with E-state index in [0.717, 1.165) is 11.6 Å². The standard InChI is InChI=1S/C22H25ClFN5O2S/c1-22(2,3)21-27-20(28-31-21)16-8-18-19(9-17(16)24)32(26,30)12-15(25)11-29(18)10-13-4-6-14(23)7-5-13/h4-9,15,26H,10-12,25H2,1-3H3/t15-,32?/m1/s1. The maximum Gasteiger partial charge on any atom is 0.232 e. The van der Waals surface area contributed by atoms with Crippen LogP contribution >= 0.6 is 11.6 Å². The van der Waals surface area contributed by atoms with Gasteiger partial charge in [-0.1, -0.05) is 49.7 Å². The molecule has 3 N–H and O–H groups in total. The molecule has 2 atom stereocenters.